The topological polar surface area (TPSA) is 63.9 Å². The number of pyridine rings is 1. The molecule has 4 aromatic rings. The van der Waals surface area contributed by atoms with E-state index in [1.807, 2.05) is 77.1 Å². The van der Waals surface area contributed by atoms with Crippen LogP contribution in [0.1, 0.15) is 12.5 Å². The van der Waals surface area contributed by atoms with Crippen molar-refractivity contribution in [3.8, 4) is 17.1 Å². The molecule has 0 unspecified atom stereocenters. The van der Waals surface area contributed by atoms with Crippen LogP contribution in [0.3, 0.4) is 0 Å². The predicted octanol–water partition coefficient (Wildman–Crippen LogP) is 4.40. The van der Waals surface area contributed by atoms with E-state index in [9.17, 15) is 4.79 Å². The van der Waals surface area contributed by atoms with Gasteiger partial charge >= 0.3 is 0 Å². The van der Waals surface area contributed by atoms with Crippen LogP contribution in [0, 0.1) is 0 Å². The Kier molecular flexibility index (Phi) is 5.26. The minimum absolute atomic E-state index is 0.0838. The first-order chi connectivity index (χ1) is 15.2. The number of rotatable bonds is 5. The Labute approximate surface area is 185 Å². The average molecular weight is 428 g/mol. The highest BCUT2D eigenvalue weighted by atomic mass is 32.2. The predicted molar refractivity (Wildman–Crippen MR) is 122 cm³/mol. The quantitative estimate of drug-likeness (QED) is 0.442. The van der Waals surface area contributed by atoms with Crippen LogP contribution in [-0.2, 0) is 11.2 Å². The van der Waals surface area contributed by atoms with Gasteiger partial charge in [0.1, 0.15) is 0 Å². The molecule has 5 rings (SSSR count). The molecule has 1 aliphatic rings. The Morgan fingerprint density at radius 1 is 1.00 bits per heavy atom. The minimum Gasteiger partial charge on any atom is -0.311 e. The molecule has 7 heteroatoms. The van der Waals surface area contributed by atoms with Gasteiger partial charge in [-0.05, 0) is 49.2 Å². The second kappa shape index (κ2) is 8.35. The van der Waals surface area contributed by atoms with E-state index in [4.69, 9.17) is 0 Å². The van der Waals surface area contributed by atoms with Crippen LogP contribution in [0.5, 0.6) is 0 Å². The molecule has 0 saturated carbocycles. The molecule has 1 atom stereocenters. The summed E-state index contributed by atoms with van der Waals surface area (Å²) in [5.74, 6) is 0.786. The summed E-state index contributed by atoms with van der Waals surface area (Å²) < 4.78 is 1.99. The highest BCUT2D eigenvalue weighted by molar-refractivity contribution is 8.00. The van der Waals surface area contributed by atoms with Crippen molar-refractivity contribution in [2.24, 2.45) is 0 Å². The third-order valence-electron chi connectivity index (χ3n) is 5.35. The van der Waals surface area contributed by atoms with Crippen molar-refractivity contribution in [2.45, 2.75) is 23.8 Å². The van der Waals surface area contributed by atoms with E-state index in [-0.39, 0.29) is 11.2 Å². The molecule has 31 heavy (non-hydrogen) atoms. The first-order valence-electron chi connectivity index (χ1n) is 10.2. The molecule has 0 saturated heterocycles. The highest BCUT2D eigenvalue weighted by Crippen LogP contribution is 2.33. The number of carbonyl (C=O) groups is 1. The number of nitrogens with zero attached hydrogens (tertiary/aromatic N) is 5. The summed E-state index contributed by atoms with van der Waals surface area (Å²) in [6.07, 6.45) is 4.40. The van der Waals surface area contributed by atoms with Crippen LogP contribution in [-0.4, -0.2) is 37.5 Å². The highest BCUT2D eigenvalue weighted by Gasteiger charge is 2.30. The van der Waals surface area contributed by atoms with Crippen molar-refractivity contribution in [3.05, 3.63) is 84.7 Å². The van der Waals surface area contributed by atoms with E-state index in [0.717, 1.165) is 29.9 Å². The van der Waals surface area contributed by atoms with Gasteiger partial charge in [-0.2, -0.15) is 0 Å². The SMILES string of the molecule is C[C@@H](Sc1nnc(-c2cccnc2)n1-c1ccccc1)C(=O)N1CCc2ccccc21. The van der Waals surface area contributed by atoms with Crippen molar-refractivity contribution in [1.82, 2.24) is 19.7 Å². The molecule has 154 valence electrons. The normalized spacial score (nSPS) is 13.8. The van der Waals surface area contributed by atoms with Gasteiger partial charge in [0.25, 0.3) is 0 Å². The van der Waals surface area contributed by atoms with Gasteiger partial charge in [0.15, 0.2) is 11.0 Å². The zero-order valence-electron chi connectivity index (χ0n) is 17.0. The van der Waals surface area contributed by atoms with Crippen molar-refractivity contribution in [2.75, 3.05) is 11.4 Å². The van der Waals surface area contributed by atoms with Crippen LogP contribution in [0.25, 0.3) is 17.1 Å². The summed E-state index contributed by atoms with van der Waals surface area (Å²) in [5, 5.41) is 9.25. The van der Waals surface area contributed by atoms with E-state index in [1.165, 1.54) is 17.3 Å². The third-order valence-corrected chi connectivity index (χ3v) is 6.38. The first kappa shape index (κ1) is 19.5. The lowest BCUT2D eigenvalue weighted by Crippen LogP contribution is -2.35. The first-order valence-corrected chi connectivity index (χ1v) is 11.1. The molecule has 0 aliphatic carbocycles. The molecule has 1 amide bonds. The summed E-state index contributed by atoms with van der Waals surface area (Å²) >= 11 is 1.43. The van der Waals surface area contributed by atoms with E-state index >= 15 is 0 Å². The second-order valence-corrected chi connectivity index (χ2v) is 8.66. The monoisotopic (exact) mass is 427 g/mol. The Morgan fingerprint density at radius 2 is 1.81 bits per heavy atom. The van der Waals surface area contributed by atoms with Gasteiger partial charge in [-0.15, -0.1) is 10.2 Å². The van der Waals surface area contributed by atoms with Gasteiger partial charge in [-0.25, -0.2) is 0 Å². The van der Waals surface area contributed by atoms with Gasteiger partial charge in [-0.1, -0.05) is 48.2 Å². The van der Waals surface area contributed by atoms with E-state index in [1.54, 1.807) is 12.4 Å². The van der Waals surface area contributed by atoms with Crippen molar-refractivity contribution >= 4 is 23.4 Å². The summed E-state index contributed by atoms with van der Waals surface area (Å²) in [5.41, 5.74) is 4.05. The Balaban J connectivity index is 1.47. The van der Waals surface area contributed by atoms with Crippen LogP contribution < -0.4 is 4.90 Å². The molecule has 6 nitrogen and oxygen atoms in total. The number of anilines is 1. The molecule has 0 fully saturated rings. The smallest absolute Gasteiger partial charge is 0.240 e. The molecule has 2 aromatic heterocycles. The Bertz CT molecular complexity index is 1210. The standard InChI is InChI=1S/C24H21N5OS/c1-17(23(30)28-15-13-18-8-5-6-12-21(18)28)31-24-27-26-22(19-9-7-14-25-16-19)29(24)20-10-3-2-4-11-20/h2-12,14,16-17H,13,15H2,1H3/t17-/m1/s1. The van der Waals surface area contributed by atoms with Crippen LogP contribution in [0.15, 0.2) is 84.3 Å². The molecule has 0 radical (unpaired) electrons. The molecule has 0 spiro atoms. The fourth-order valence-corrected chi connectivity index (χ4v) is 4.76. The van der Waals surface area contributed by atoms with Gasteiger partial charge in [0.05, 0.1) is 5.25 Å². The van der Waals surface area contributed by atoms with Crippen LogP contribution in [0.2, 0.25) is 0 Å². The maximum atomic E-state index is 13.3. The lowest BCUT2D eigenvalue weighted by atomic mass is 10.2. The second-order valence-electron chi connectivity index (χ2n) is 7.35. The number of thioether (sulfide) groups is 1. The molecule has 1 aliphatic heterocycles. The fourth-order valence-electron chi connectivity index (χ4n) is 3.83. The Morgan fingerprint density at radius 3 is 2.61 bits per heavy atom. The number of carbonyl (C=O) groups excluding carboxylic acids is 1. The fraction of sp³-hybridized carbons (Fsp3) is 0.167. The maximum absolute atomic E-state index is 13.3. The molecule has 0 bridgehead atoms. The van der Waals surface area contributed by atoms with E-state index in [0.29, 0.717) is 11.0 Å². The zero-order valence-corrected chi connectivity index (χ0v) is 17.9. The van der Waals surface area contributed by atoms with Gasteiger partial charge in [0.2, 0.25) is 5.91 Å². The van der Waals surface area contributed by atoms with Crippen molar-refractivity contribution in [3.63, 3.8) is 0 Å². The number of benzene rings is 2. The minimum atomic E-state index is -0.306. The number of hydrogen-bond acceptors (Lipinski definition) is 5. The molecule has 2 aromatic carbocycles. The summed E-state index contributed by atoms with van der Waals surface area (Å²) in [6.45, 7) is 2.65. The molecular formula is C24H21N5OS. The molecule has 0 N–H and O–H groups in total. The summed E-state index contributed by atoms with van der Waals surface area (Å²) in [4.78, 5) is 19.4. The maximum Gasteiger partial charge on any atom is 0.240 e. The van der Waals surface area contributed by atoms with Crippen molar-refractivity contribution in [1.29, 1.82) is 0 Å². The van der Waals surface area contributed by atoms with Crippen LogP contribution in [0.4, 0.5) is 5.69 Å². The lowest BCUT2D eigenvalue weighted by Gasteiger charge is -2.21. The van der Waals surface area contributed by atoms with E-state index in [2.05, 4.69) is 21.2 Å². The molecular weight excluding hydrogens is 406 g/mol. The summed E-state index contributed by atoms with van der Waals surface area (Å²) in [6, 6.07) is 21.9. The van der Waals surface area contributed by atoms with Crippen molar-refractivity contribution < 1.29 is 4.79 Å². The van der Waals surface area contributed by atoms with Gasteiger partial charge in [0, 0.05) is 35.9 Å². The number of amides is 1. The zero-order chi connectivity index (χ0) is 21.2. The largest absolute Gasteiger partial charge is 0.311 e. The third kappa shape index (κ3) is 3.72. The van der Waals surface area contributed by atoms with Gasteiger partial charge < -0.3 is 4.90 Å². The number of para-hydroxylation sites is 2. The number of aromatic nitrogens is 4. The lowest BCUT2D eigenvalue weighted by molar-refractivity contribution is -0.117. The number of fused-ring (bicyclic) bond motifs is 1. The van der Waals surface area contributed by atoms with E-state index < -0.39 is 0 Å². The Hall–Kier alpha value is -3.45. The van der Waals surface area contributed by atoms with Crippen LogP contribution >= 0.6 is 11.8 Å². The summed E-state index contributed by atoms with van der Waals surface area (Å²) in [7, 11) is 0. The molecule has 3 heterocycles. The number of hydrogen-bond donors (Lipinski definition) is 0. The average Bonchev–Trinajstić information content (AvgIpc) is 3.44. The van der Waals surface area contributed by atoms with Gasteiger partial charge in [-0.3, -0.25) is 14.3 Å².